The van der Waals surface area contributed by atoms with E-state index in [1.807, 2.05) is 0 Å². The lowest BCUT2D eigenvalue weighted by Gasteiger charge is -2.33. The third-order valence-corrected chi connectivity index (χ3v) is 6.91. The monoisotopic (exact) mass is 458 g/mol. The second kappa shape index (κ2) is 9.45. The molecule has 6 nitrogen and oxygen atoms in total. The summed E-state index contributed by atoms with van der Waals surface area (Å²) in [5.41, 5.74) is 5.91. The quantitative estimate of drug-likeness (QED) is 0.430. The largest absolute Gasteiger partial charge is 0.438 e. The highest BCUT2D eigenvalue weighted by atomic mass is 16.6. The van der Waals surface area contributed by atoms with Gasteiger partial charge in [0.15, 0.2) is 5.69 Å². The smallest absolute Gasteiger partial charge is 0.360 e. The van der Waals surface area contributed by atoms with E-state index in [4.69, 9.17) is 4.74 Å². The summed E-state index contributed by atoms with van der Waals surface area (Å²) < 4.78 is 6.27. The molecule has 0 N–H and O–H groups in total. The topological polar surface area (TPSA) is 58.6 Å². The predicted molar refractivity (Wildman–Crippen MR) is 137 cm³/mol. The van der Waals surface area contributed by atoms with Crippen molar-refractivity contribution in [2.45, 2.75) is 47.1 Å². The number of ether oxygens (including phenoxy) is 1. The number of hydrogen-bond donors (Lipinski definition) is 0. The van der Waals surface area contributed by atoms with Gasteiger partial charge in [-0.2, -0.15) is 0 Å². The van der Waals surface area contributed by atoms with Crippen molar-refractivity contribution in [3.05, 3.63) is 82.4 Å². The van der Waals surface area contributed by atoms with Crippen molar-refractivity contribution < 1.29 is 9.53 Å². The van der Waals surface area contributed by atoms with Gasteiger partial charge in [0.1, 0.15) is 5.69 Å². The maximum atomic E-state index is 13.0. The summed E-state index contributed by atoms with van der Waals surface area (Å²) in [7, 11) is 0. The number of anilines is 2. The van der Waals surface area contributed by atoms with Crippen molar-refractivity contribution in [2.24, 2.45) is 0 Å². The Hall–Kier alpha value is -3.41. The Bertz CT molecular complexity index is 1140. The first kappa shape index (κ1) is 23.7. The van der Waals surface area contributed by atoms with Crippen molar-refractivity contribution in [1.29, 1.82) is 0 Å². The predicted octanol–water partition coefficient (Wildman–Crippen LogP) is 5.25. The Morgan fingerprint density at radius 2 is 1.24 bits per heavy atom. The van der Waals surface area contributed by atoms with Gasteiger partial charge in [-0.15, -0.1) is 0 Å². The van der Waals surface area contributed by atoms with Crippen LogP contribution in [0.25, 0.3) is 0 Å². The lowest BCUT2D eigenvalue weighted by atomic mass is 9.79. The zero-order valence-electron chi connectivity index (χ0n) is 21.1. The van der Waals surface area contributed by atoms with E-state index >= 15 is 0 Å². The van der Waals surface area contributed by atoms with Gasteiger partial charge in [-0.1, -0.05) is 12.1 Å². The van der Waals surface area contributed by atoms with E-state index in [9.17, 15) is 4.79 Å². The summed E-state index contributed by atoms with van der Waals surface area (Å²) in [5, 5.41) is 0. The summed E-state index contributed by atoms with van der Waals surface area (Å²) in [4.78, 5) is 26.6. The highest BCUT2D eigenvalue weighted by Crippen LogP contribution is 2.48. The van der Waals surface area contributed by atoms with E-state index in [1.54, 1.807) is 12.4 Å². The number of esters is 1. The van der Waals surface area contributed by atoms with Gasteiger partial charge in [0.25, 0.3) is 0 Å². The van der Waals surface area contributed by atoms with Crippen LogP contribution in [0.4, 0.5) is 11.4 Å². The molecule has 0 radical (unpaired) electrons. The van der Waals surface area contributed by atoms with E-state index in [1.165, 1.54) is 0 Å². The maximum absolute atomic E-state index is 13.0. The number of benzene rings is 2. The SMILES string of the molecule is CCN(CC)c1ccc(C2(c3ccc(N(CC)CC)cc3C)OC(=O)c3nccnc32)c(C)c1. The van der Waals surface area contributed by atoms with Crippen molar-refractivity contribution >= 4 is 17.3 Å². The number of carbonyl (C=O) groups excluding carboxylic acids is 1. The van der Waals surface area contributed by atoms with Gasteiger partial charge in [-0.05, 0) is 76.9 Å². The minimum atomic E-state index is -1.14. The average molecular weight is 459 g/mol. The van der Waals surface area contributed by atoms with Gasteiger partial charge in [-0.3, -0.25) is 4.98 Å². The van der Waals surface area contributed by atoms with Crippen molar-refractivity contribution in [3.63, 3.8) is 0 Å². The second-order valence-corrected chi connectivity index (χ2v) is 8.67. The number of hydrogen-bond acceptors (Lipinski definition) is 6. The second-order valence-electron chi connectivity index (χ2n) is 8.67. The summed E-state index contributed by atoms with van der Waals surface area (Å²) in [6, 6.07) is 12.7. The van der Waals surface area contributed by atoms with Crippen LogP contribution in [0.1, 0.15) is 66.1 Å². The van der Waals surface area contributed by atoms with Crippen LogP contribution >= 0.6 is 0 Å². The maximum Gasteiger partial charge on any atom is 0.360 e. The van der Waals surface area contributed by atoms with Crippen LogP contribution in [0, 0.1) is 13.8 Å². The molecule has 0 saturated carbocycles. The summed E-state index contributed by atoms with van der Waals surface area (Å²) in [6.45, 7) is 16.5. The molecular formula is C28H34N4O2. The van der Waals surface area contributed by atoms with E-state index < -0.39 is 11.6 Å². The molecule has 3 aromatic rings. The number of rotatable bonds is 8. The average Bonchev–Trinajstić information content (AvgIpc) is 3.14. The molecule has 1 aliphatic heterocycles. The van der Waals surface area contributed by atoms with Crippen LogP contribution in [0.15, 0.2) is 48.8 Å². The van der Waals surface area contributed by atoms with Crippen LogP contribution in [-0.2, 0) is 10.3 Å². The molecule has 0 fully saturated rings. The fourth-order valence-corrected chi connectivity index (χ4v) is 5.15. The minimum Gasteiger partial charge on any atom is -0.438 e. The zero-order chi connectivity index (χ0) is 24.5. The molecular weight excluding hydrogens is 424 g/mol. The van der Waals surface area contributed by atoms with Crippen LogP contribution < -0.4 is 9.80 Å². The van der Waals surface area contributed by atoms with Crippen LogP contribution in [0.5, 0.6) is 0 Å². The molecule has 2 aromatic carbocycles. The summed E-state index contributed by atoms with van der Waals surface area (Å²) in [5.74, 6) is -0.442. The first-order valence-corrected chi connectivity index (χ1v) is 12.2. The summed E-state index contributed by atoms with van der Waals surface area (Å²) in [6.07, 6.45) is 3.18. The van der Waals surface area contributed by atoms with Crippen LogP contribution in [0.2, 0.25) is 0 Å². The van der Waals surface area contributed by atoms with E-state index in [-0.39, 0.29) is 5.69 Å². The van der Waals surface area contributed by atoms with Crippen molar-refractivity contribution in [1.82, 2.24) is 9.97 Å². The Morgan fingerprint density at radius 1 is 0.765 bits per heavy atom. The first-order chi connectivity index (χ1) is 16.4. The normalized spacial score (nSPS) is 14.0. The lowest BCUT2D eigenvalue weighted by Crippen LogP contribution is -2.33. The molecule has 34 heavy (non-hydrogen) atoms. The lowest BCUT2D eigenvalue weighted by molar-refractivity contribution is 0.0237. The Labute approximate surface area is 202 Å². The molecule has 2 heterocycles. The van der Waals surface area contributed by atoms with Crippen LogP contribution in [-0.4, -0.2) is 42.1 Å². The molecule has 1 aliphatic rings. The number of aromatic nitrogens is 2. The molecule has 0 amide bonds. The van der Waals surface area contributed by atoms with Gasteiger partial charge in [0.05, 0.1) is 0 Å². The minimum absolute atomic E-state index is 0.280. The Balaban J connectivity index is 1.96. The number of fused-ring (bicyclic) bond motifs is 1. The van der Waals surface area contributed by atoms with Crippen molar-refractivity contribution in [3.8, 4) is 0 Å². The molecule has 4 rings (SSSR count). The summed E-state index contributed by atoms with van der Waals surface area (Å²) >= 11 is 0. The zero-order valence-corrected chi connectivity index (χ0v) is 21.1. The van der Waals surface area contributed by atoms with E-state index in [2.05, 4.69) is 97.7 Å². The van der Waals surface area contributed by atoms with Crippen molar-refractivity contribution in [2.75, 3.05) is 36.0 Å². The highest BCUT2D eigenvalue weighted by molar-refractivity contribution is 5.93. The molecule has 0 saturated heterocycles. The molecule has 0 bridgehead atoms. The molecule has 178 valence electrons. The van der Waals surface area contributed by atoms with Gasteiger partial charge in [0, 0.05) is 61.1 Å². The number of aryl methyl sites for hydroxylation is 2. The standard InChI is InChI=1S/C28H34N4O2/c1-7-31(8-2)21-11-13-23(19(5)17-21)28(26-25(27(33)34-28)29-15-16-30-26)24-14-12-22(18-20(24)6)32(9-3)10-4/h11-18H,7-10H2,1-6H3. The van der Waals surface area contributed by atoms with Gasteiger partial charge in [0.2, 0.25) is 5.60 Å². The third kappa shape index (κ3) is 3.71. The number of cyclic esters (lactones) is 1. The molecule has 0 spiro atoms. The van der Waals surface area contributed by atoms with Gasteiger partial charge in [-0.25, -0.2) is 9.78 Å². The Kier molecular flexibility index (Phi) is 6.60. The Morgan fingerprint density at radius 3 is 1.68 bits per heavy atom. The highest BCUT2D eigenvalue weighted by Gasteiger charge is 2.52. The molecule has 6 heteroatoms. The van der Waals surface area contributed by atoms with Crippen LogP contribution in [0.3, 0.4) is 0 Å². The number of carbonyl (C=O) groups is 1. The molecule has 0 unspecified atom stereocenters. The first-order valence-electron chi connectivity index (χ1n) is 12.2. The number of nitrogens with zero attached hydrogens (tertiary/aromatic N) is 4. The molecule has 0 aliphatic carbocycles. The fraction of sp³-hybridized carbons (Fsp3) is 0.393. The van der Waals surface area contributed by atoms with Gasteiger partial charge < -0.3 is 14.5 Å². The van der Waals surface area contributed by atoms with E-state index in [0.717, 1.165) is 59.8 Å². The van der Waals surface area contributed by atoms with E-state index in [0.29, 0.717) is 5.69 Å². The fourth-order valence-electron chi connectivity index (χ4n) is 5.15. The van der Waals surface area contributed by atoms with Gasteiger partial charge >= 0.3 is 5.97 Å². The molecule has 1 aromatic heterocycles. The third-order valence-electron chi connectivity index (χ3n) is 6.91. The molecule has 0 atom stereocenters.